The molecule has 0 saturated carbocycles. The topological polar surface area (TPSA) is 68.2 Å². The molecular weight excluding hydrogens is 519 g/mol. The number of rotatable bonds is 6. The van der Waals surface area contributed by atoms with Gasteiger partial charge < -0.3 is 9.47 Å². The first-order valence-electron chi connectivity index (χ1n) is 9.27. The Morgan fingerprint density at radius 1 is 1.09 bits per heavy atom. The Hall–Kier alpha value is -3.28. The highest BCUT2D eigenvalue weighted by Gasteiger charge is 2.37. The number of ether oxygens (including phenoxy) is 2. The highest BCUT2D eigenvalue weighted by atomic mass is 79.9. The van der Waals surface area contributed by atoms with Gasteiger partial charge in [0.1, 0.15) is 11.4 Å². The SMILES string of the molecule is CCOC(=O)COc1ccc(/C=C2/C(=O)N(c3c(F)c(F)c(F)c(F)c3F)N=C2C)cc1Br. The molecule has 3 rings (SSSR count). The van der Waals surface area contributed by atoms with E-state index in [1.54, 1.807) is 6.92 Å². The summed E-state index contributed by atoms with van der Waals surface area (Å²) < 4.78 is 79.2. The first-order chi connectivity index (χ1) is 15.6. The van der Waals surface area contributed by atoms with E-state index in [9.17, 15) is 31.5 Å². The summed E-state index contributed by atoms with van der Waals surface area (Å²) in [4.78, 5) is 24.1. The molecular formula is C21H14BrF5N2O4. The van der Waals surface area contributed by atoms with Crippen molar-refractivity contribution in [3.63, 3.8) is 0 Å². The Balaban J connectivity index is 1.89. The van der Waals surface area contributed by atoms with Crippen LogP contribution in [0.4, 0.5) is 27.6 Å². The van der Waals surface area contributed by atoms with Crippen LogP contribution in [0.25, 0.3) is 6.08 Å². The number of hydrazone groups is 1. The molecule has 0 aliphatic carbocycles. The Bertz CT molecular complexity index is 1190. The van der Waals surface area contributed by atoms with Crippen LogP contribution in [0.15, 0.2) is 33.3 Å². The number of benzene rings is 2. The van der Waals surface area contributed by atoms with Crippen LogP contribution in [-0.2, 0) is 14.3 Å². The number of carbonyl (C=O) groups is 2. The van der Waals surface area contributed by atoms with E-state index in [1.165, 1.54) is 31.2 Å². The number of carbonyl (C=O) groups excluding carboxylic acids is 2. The van der Waals surface area contributed by atoms with Crippen LogP contribution in [0.1, 0.15) is 19.4 Å². The number of hydrogen-bond acceptors (Lipinski definition) is 5. The molecule has 33 heavy (non-hydrogen) atoms. The molecule has 6 nitrogen and oxygen atoms in total. The second-order valence-electron chi connectivity index (χ2n) is 6.56. The normalized spacial score (nSPS) is 14.7. The van der Waals surface area contributed by atoms with Crippen molar-refractivity contribution in [1.82, 2.24) is 0 Å². The van der Waals surface area contributed by atoms with Gasteiger partial charge in [0.25, 0.3) is 5.91 Å². The Morgan fingerprint density at radius 2 is 1.70 bits per heavy atom. The van der Waals surface area contributed by atoms with Gasteiger partial charge in [0, 0.05) is 0 Å². The van der Waals surface area contributed by atoms with Gasteiger partial charge in [-0.05, 0) is 53.5 Å². The van der Waals surface area contributed by atoms with Gasteiger partial charge in [0.15, 0.2) is 29.9 Å². The molecule has 2 aromatic rings. The van der Waals surface area contributed by atoms with Crippen molar-refractivity contribution in [2.24, 2.45) is 5.10 Å². The second kappa shape index (κ2) is 9.69. The Kier molecular flexibility index (Phi) is 7.15. The molecule has 0 saturated heterocycles. The number of anilines is 1. The molecule has 1 amide bonds. The third-order valence-electron chi connectivity index (χ3n) is 4.38. The summed E-state index contributed by atoms with van der Waals surface area (Å²) in [6, 6.07) is 4.53. The van der Waals surface area contributed by atoms with Crippen molar-refractivity contribution < 1.29 is 41.0 Å². The van der Waals surface area contributed by atoms with E-state index < -0.39 is 46.6 Å². The van der Waals surface area contributed by atoms with Gasteiger partial charge in [0.2, 0.25) is 5.82 Å². The van der Waals surface area contributed by atoms with Gasteiger partial charge in [-0.25, -0.2) is 26.7 Å². The average molecular weight is 533 g/mol. The first kappa shape index (κ1) is 24.4. The molecule has 1 aliphatic heterocycles. The zero-order valence-electron chi connectivity index (χ0n) is 17.0. The minimum absolute atomic E-state index is 0.0114. The second-order valence-corrected chi connectivity index (χ2v) is 7.42. The van der Waals surface area contributed by atoms with Crippen molar-refractivity contribution in [2.45, 2.75) is 13.8 Å². The fourth-order valence-corrected chi connectivity index (χ4v) is 3.36. The molecule has 0 bridgehead atoms. The molecule has 1 aliphatic rings. The Morgan fingerprint density at radius 3 is 2.27 bits per heavy atom. The first-order valence-corrected chi connectivity index (χ1v) is 10.1. The quantitative estimate of drug-likeness (QED) is 0.174. The molecule has 174 valence electrons. The summed E-state index contributed by atoms with van der Waals surface area (Å²) in [5.74, 6) is -12.4. The largest absolute Gasteiger partial charge is 0.481 e. The van der Waals surface area contributed by atoms with Crippen LogP contribution in [0, 0.1) is 29.1 Å². The molecule has 0 N–H and O–H groups in total. The highest BCUT2D eigenvalue weighted by molar-refractivity contribution is 9.10. The van der Waals surface area contributed by atoms with Gasteiger partial charge in [0.05, 0.1) is 22.4 Å². The van der Waals surface area contributed by atoms with Crippen LogP contribution in [0.2, 0.25) is 0 Å². The number of halogens is 6. The summed E-state index contributed by atoms with van der Waals surface area (Å²) in [5, 5.41) is 3.79. The van der Waals surface area contributed by atoms with E-state index in [0.29, 0.717) is 15.8 Å². The van der Waals surface area contributed by atoms with Crippen LogP contribution in [0.3, 0.4) is 0 Å². The zero-order chi connectivity index (χ0) is 24.4. The lowest BCUT2D eigenvalue weighted by Gasteiger charge is -2.15. The van der Waals surface area contributed by atoms with Crippen molar-refractivity contribution >= 4 is 45.3 Å². The van der Waals surface area contributed by atoms with Crippen molar-refractivity contribution in [2.75, 3.05) is 18.2 Å². The van der Waals surface area contributed by atoms with Gasteiger partial charge >= 0.3 is 5.97 Å². The minimum Gasteiger partial charge on any atom is -0.481 e. The van der Waals surface area contributed by atoms with Crippen LogP contribution in [-0.4, -0.2) is 30.8 Å². The molecule has 2 aromatic carbocycles. The molecule has 0 aromatic heterocycles. The molecule has 0 fully saturated rings. The van der Waals surface area contributed by atoms with Gasteiger partial charge in [-0.1, -0.05) is 6.07 Å². The molecule has 0 atom stereocenters. The molecule has 0 radical (unpaired) electrons. The highest BCUT2D eigenvalue weighted by Crippen LogP contribution is 2.34. The summed E-state index contributed by atoms with van der Waals surface area (Å²) in [5.41, 5.74) is -1.20. The lowest BCUT2D eigenvalue weighted by Crippen LogP contribution is -2.25. The van der Waals surface area contributed by atoms with Crippen LogP contribution in [0.5, 0.6) is 5.75 Å². The van der Waals surface area contributed by atoms with E-state index in [4.69, 9.17) is 9.47 Å². The fraction of sp³-hybridized carbons (Fsp3) is 0.190. The average Bonchev–Trinajstić information content (AvgIpc) is 3.04. The summed E-state index contributed by atoms with van der Waals surface area (Å²) in [6.45, 7) is 2.86. The maximum atomic E-state index is 14.1. The number of esters is 1. The lowest BCUT2D eigenvalue weighted by atomic mass is 10.1. The zero-order valence-corrected chi connectivity index (χ0v) is 18.6. The predicted molar refractivity (Wildman–Crippen MR) is 111 cm³/mol. The van der Waals surface area contributed by atoms with E-state index in [1.807, 2.05) is 0 Å². The predicted octanol–water partition coefficient (Wildman–Crippen LogP) is 4.89. The van der Waals surface area contributed by atoms with E-state index in [2.05, 4.69) is 21.0 Å². The number of hydrogen-bond donors (Lipinski definition) is 0. The number of nitrogens with zero attached hydrogens (tertiary/aromatic N) is 2. The van der Waals surface area contributed by atoms with Gasteiger partial charge in [-0.15, -0.1) is 0 Å². The van der Waals surface area contributed by atoms with Gasteiger partial charge in [-0.3, -0.25) is 4.79 Å². The maximum Gasteiger partial charge on any atom is 0.344 e. The smallest absolute Gasteiger partial charge is 0.344 e. The van der Waals surface area contributed by atoms with E-state index in [0.717, 1.165) is 0 Å². The third kappa shape index (κ3) is 4.75. The maximum absolute atomic E-state index is 14.1. The van der Waals surface area contributed by atoms with Crippen LogP contribution < -0.4 is 9.75 Å². The summed E-state index contributed by atoms with van der Waals surface area (Å²) in [6.07, 6.45) is 1.31. The van der Waals surface area contributed by atoms with Crippen molar-refractivity contribution in [3.05, 3.63) is 62.9 Å². The van der Waals surface area contributed by atoms with E-state index >= 15 is 0 Å². The monoisotopic (exact) mass is 532 g/mol. The third-order valence-corrected chi connectivity index (χ3v) is 5.00. The summed E-state index contributed by atoms with van der Waals surface area (Å²) in [7, 11) is 0. The molecule has 0 unspecified atom stereocenters. The molecule has 12 heteroatoms. The lowest BCUT2D eigenvalue weighted by molar-refractivity contribution is -0.145. The van der Waals surface area contributed by atoms with Crippen LogP contribution >= 0.6 is 15.9 Å². The minimum atomic E-state index is -2.34. The fourth-order valence-electron chi connectivity index (χ4n) is 2.85. The number of amides is 1. The summed E-state index contributed by atoms with van der Waals surface area (Å²) >= 11 is 3.26. The Labute approximate surface area is 192 Å². The van der Waals surface area contributed by atoms with E-state index in [-0.39, 0.29) is 29.5 Å². The standard InChI is InChI=1S/C21H14BrF5N2O4/c1-3-32-14(30)8-33-13-5-4-10(7-12(13)22)6-11-9(2)28-29(21(11)31)20-18(26)16(24)15(23)17(25)19(20)27/h4-7H,3,8H2,1-2H3/b11-6+. The van der Waals surface area contributed by atoms with Crippen molar-refractivity contribution in [3.8, 4) is 5.75 Å². The molecule has 1 heterocycles. The molecule has 0 spiro atoms. The van der Waals surface area contributed by atoms with Crippen molar-refractivity contribution in [1.29, 1.82) is 0 Å². The van der Waals surface area contributed by atoms with Gasteiger partial charge in [-0.2, -0.15) is 10.1 Å².